The number of H-pyrrole nitrogens is 1. The number of fused-ring (bicyclic) bond motifs is 1. The van der Waals surface area contributed by atoms with E-state index in [9.17, 15) is 13.2 Å². The maximum absolute atomic E-state index is 12.1. The Morgan fingerprint density at radius 1 is 1.33 bits per heavy atom. The molecule has 114 valence electrons. The molecule has 2 rings (SSSR count). The number of rotatable bonds is 5. The van der Waals surface area contributed by atoms with Gasteiger partial charge in [0.25, 0.3) is 0 Å². The van der Waals surface area contributed by atoms with Crippen LogP contribution >= 0.6 is 0 Å². The van der Waals surface area contributed by atoms with Crippen LogP contribution in [-0.2, 0) is 14.6 Å². The fourth-order valence-corrected chi connectivity index (χ4v) is 3.53. The number of aromatic amines is 1. The Labute approximate surface area is 124 Å². The van der Waals surface area contributed by atoms with Gasteiger partial charge in [-0.15, -0.1) is 0 Å². The molecule has 1 heterocycles. The van der Waals surface area contributed by atoms with Crippen LogP contribution in [0.25, 0.3) is 10.9 Å². The Kier molecular flexibility index (Phi) is 4.37. The summed E-state index contributed by atoms with van der Waals surface area (Å²) in [6.07, 6.45) is 0.508. The molecule has 2 aromatic rings. The predicted octanol–water partition coefficient (Wildman–Crippen LogP) is 2.63. The van der Waals surface area contributed by atoms with E-state index in [1.807, 2.05) is 25.1 Å². The van der Waals surface area contributed by atoms with E-state index in [4.69, 9.17) is 0 Å². The molecule has 1 atom stereocenters. The predicted molar refractivity (Wildman–Crippen MR) is 85.2 cm³/mol. The van der Waals surface area contributed by atoms with Crippen molar-refractivity contribution in [1.82, 2.24) is 4.98 Å². The number of carbonyl (C=O) groups excluding carboxylic acids is 1. The Morgan fingerprint density at radius 2 is 2.05 bits per heavy atom. The topological polar surface area (TPSA) is 79.0 Å². The number of amides is 1. The number of sulfone groups is 1. The molecule has 0 unspecified atom stereocenters. The van der Waals surface area contributed by atoms with Crippen LogP contribution in [0.2, 0.25) is 0 Å². The van der Waals surface area contributed by atoms with Crippen molar-refractivity contribution in [1.29, 1.82) is 0 Å². The Morgan fingerprint density at radius 3 is 2.71 bits per heavy atom. The molecular formula is C15H20N2O3S. The van der Waals surface area contributed by atoms with Crippen LogP contribution in [0, 0.1) is 6.92 Å². The molecule has 0 saturated heterocycles. The number of anilines is 1. The lowest BCUT2D eigenvalue weighted by Crippen LogP contribution is -2.34. The second-order valence-corrected chi connectivity index (χ2v) is 7.69. The minimum atomic E-state index is -3.39. The van der Waals surface area contributed by atoms with Crippen LogP contribution in [0.15, 0.2) is 24.3 Å². The fraction of sp³-hybridized carbons (Fsp3) is 0.400. The summed E-state index contributed by atoms with van der Waals surface area (Å²) in [6, 6.07) is 7.43. The first kappa shape index (κ1) is 15.6. The summed E-state index contributed by atoms with van der Waals surface area (Å²) in [5.41, 5.74) is 2.62. The van der Waals surface area contributed by atoms with E-state index < -0.39 is 21.0 Å². The first-order valence-electron chi connectivity index (χ1n) is 6.95. The standard InChI is InChI=1S/C15H20N2O3S/c1-4-7-21(19,20)11(3)15(18)17-13-5-6-14-12(9-13)8-10(2)16-14/h5-6,8-9,11,16H,4,7H2,1-3H3,(H,17,18)/t11-/m0/s1. The molecule has 6 heteroatoms. The van der Waals surface area contributed by atoms with Gasteiger partial charge in [0.2, 0.25) is 5.91 Å². The molecule has 0 saturated carbocycles. The summed E-state index contributed by atoms with van der Waals surface area (Å²) in [7, 11) is -3.39. The summed E-state index contributed by atoms with van der Waals surface area (Å²) in [5.74, 6) is -0.465. The molecule has 1 aromatic carbocycles. The number of benzene rings is 1. The van der Waals surface area contributed by atoms with Crippen LogP contribution < -0.4 is 5.32 Å². The van der Waals surface area contributed by atoms with E-state index in [1.54, 1.807) is 13.0 Å². The van der Waals surface area contributed by atoms with Crippen molar-refractivity contribution in [3.63, 3.8) is 0 Å². The smallest absolute Gasteiger partial charge is 0.242 e. The Hall–Kier alpha value is -1.82. The third-order valence-electron chi connectivity index (χ3n) is 3.42. The monoisotopic (exact) mass is 308 g/mol. The zero-order valence-electron chi connectivity index (χ0n) is 12.4. The highest BCUT2D eigenvalue weighted by Gasteiger charge is 2.27. The van der Waals surface area contributed by atoms with Gasteiger partial charge in [-0.05, 0) is 44.5 Å². The number of nitrogens with one attached hydrogen (secondary N) is 2. The minimum absolute atomic E-state index is 0.0254. The van der Waals surface area contributed by atoms with E-state index in [0.29, 0.717) is 12.1 Å². The van der Waals surface area contributed by atoms with E-state index in [-0.39, 0.29) is 5.75 Å². The summed E-state index contributed by atoms with van der Waals surface area (Å²) >= 11 is 0. The lowest BCUT2D eigenvalue weighted by atomic mass is 10.2. The normalized spacial score (nSPS) is 13.3. The average Bonchev–Trinajstić information content (AvgIpc) is 2.77. The van der Waals surface area contributed by atoms with Crippen LogP contribution in [0.1, 0.15) is 26.0 Å². The quantitative estimate of drug-likeness (QED) is 0.891. The number of carbonyl (C=O) groups is 1. The summed E-state index contributed by atoms with van der Waals surface area (Å²) in [4.78, 5) is 15.3. The summed E-state index contributed by atoms with van der Waals surface area (Å²) in [5, 5.41) is 2.62. The van der Waals surface area contributed by atoms with Crippen molar-refractivity contribution in [2.24, 2.45) is 0 Å². The lowest BCUT2D eigenvalue weighted by Gasteiger charge is -2.12. The Balaban J connectivity index is 2.17. The highest BCUT2D eigenvalue weighted by molar-refractivity contribution is 7.92. The number of aromatic nitrogens is 1. The van der Waals surface area contributed by atoms with Crippen molar-refractivity contribution >= 4 is 32.3 Å². The van der Waals surface area contributed by atoms with Gasteiger partial charge in [-0.1, -0.05) is 6.92 Å². The second kappa shape index (κ2) is 5.89. The Bertz CT molecular complexity index is 762. The molecule has 1 aromatic heterocycles. The molecule has 21 heavy (non-hydrogen) atoms. The first-order chi connectivity index (χ1) is 9.83. The molecular weight excluding hydrogens is 288 g/mol. The maximum atomic E-state index is 12.1. The first-order valence-corrected chi connectivity index (χ1v) is 8.67. The third-order valence-corrected chi connectivity index (χ3v) is 5.69. The van der Waals surface area contributed by atoms with Gasteiger partial charge in [-0.3, -0.25) is 4.79 Å². The molecule has 0 aliphatic carbocycles. The molecule has 5 nitrogen and oxygen atoms in total. The number of hydrogen-bond acceptors (Lipinski definition) is 3. The van der Waals surface area contributed by atoms with Crippen LogP contribution in [0.3, 0.4) is 0 Å². The van der Waals surface area contributed by atoms with Gasteiger partial charge in [0.1, 0.15) is 5.25 Å². The molecule has 0 bridgehead atoms. The highest BCUT2D eigenvalue weighted by atomic mass is 32.2. The van der Waals surface area contributed by atoms with Crippen molar-refractivity contribution in [2.45, 2.75) is 32.4 Å². The van der Waals surface area contributed by atoms with Crippen LogP contribution in [-0.4, -0.2) is 30.3 Å². The summed E-state index contributed by atoms with van der Waals surface area (Å²) < 4.78 is 23.8. The molecule has 1 amide bonds. The summed E-state index contributed by atoms with van der Waals surface area (Å²) in [6.45, 7) is 5.17. The molecule has 0 radical (unpaired) electrons. The molecule has 0 aliphatic heterocycles. The largest absolute Gasteiger partial charge is 0.359 e. The van der Waals surface area contributed by atoms with Gasteiger partial charge in [0.05, 0.1) is 5.75 Å². The molecule has 2 N–H and O–H groups in total. The highest BCUT2D eigenvalue weighted by Crippen LogP contribution is 2.20. The minimum Gasteiger partial charge on any atom is -0.359 e. The second-order valence-electron chi connectivity index (χ2n) is 5.25. The molecule has 0 fully saturated rings. The van der Waals surface area contributed by atoms with E-state index in [2.05, 4.69) is 10.3 Å². The van der Waals surface area contributed by atoms with Gasteiger partial charge in [-0.25, -0.2) is 8.42 Å². The van der Waals surface area contributed by atoms with Crippen molar-refractivity contribution < 1.29 is 13.2 Å². The average molecular weight is 308 g/mol. The maximum Gasteiger partial charge on any atom is 0.242 e. The fourth-order valence-electron chi connectivity index (χ4n) is 2.22. The van der Waals surface area contributed by atoms with E-state index >= 15 is 0 Å². The van der Waals surface area contributed by atoms with Gasteiger partial charge in [0, 0.05) is 22.3 Å². The van der Waals surface area contributed by atoms with Crippen LogP contribution in [0.5, 0.6) is 0 Å². The van der Waals surface area contributed by atoms with Gasteiger partial charge in [-0.2, -0.15) is 0 Å². The van der Waals surface area contributed by atoms with Crippen LogP contribution in [0.4, 0.5) is 5.69 Å². The zero-order chi connectivity index (χ0) is 15.6. The number of hydrogen-bond donors (Lipinski definition) is 2. The lowest BCUT2D eigenvalue weighted by molar-refractivity contribution is -0.115. The van der Waals surface area contributed by atoms with Crippen molar-refractivity contribution in [3.05, 3.63) is 30.0 Å². The third kappa shape index (κ3) is 3.44. The number of aryl methyl sites for hydroxylation is 1. The zero-order valence-corrected chi connectivity index (χ0v) is 13.3. The van der Waals surface area contributed by atoms with Gasteiger partial charge >= 0.3 is 0 Å². The molecule has 0 spiro atoms. The molecule has 0 aliphatic rings. The van der Waals surface area contributed by atoms with E-state index in [0.717, 1.165) is 16.6 Å². The van der Waals surface area contributed by atoms with Crippen molar-refractivity contribution in [2.75, 3.05) is 11.1 Å². The van der Waals surface area contributed by atoms with Gasteiger partial charge in [0.15, 0.2) is 9.84 Å². The van der Waals surface area contributed by atoms with Crippen molar-refractivity contribution in [3.8, 4) is 0 Å². The SMILES string of the molecule is CCCS(=O)(=O)[C@@H](C)C(=O)Nc1ccc2[nH]c(C)cc2c1. The van der Waals surface area contributed by atoms with E-state index in [1.165, 1.54) is 6.92 Å². The van der Waals surface area contributed by atoms with Gasteiger partial charge < -0.3 is 10.3 Å².